The number of benzene rings is 2. The molecular formula is C47H61FO13. The molecule has 2 aromatic rings. The molecule has 1 aliphatic carbocycles. The van der Waals surface area contributed by atoms with Crippen molar-refractivity contribution in [2.75, 3.05) is 40.6 Å². The van der Waals surface area contributed by atoms with E-state index in [1.165, 1.54) is 78.4 Å². The molecule has 1 fully saturated rings. The summed E-state index contributed by atoms with van der Waals surface area (Å²) in [7, 11) is 2.35. The largest absolute Gasteiger partial charge is 0.492 e. The Morgan fingerprint density at radius 1 is 0.672 bits per heavy atom. The lowest BCUT2D eigenvalue weighted by molar-refractivity contribution is -0.165. The summed E-state index contributed by atoms with van der Waals surface area (Å²) in [6.07, 6.45) is 9.26. The molecule has 3 rings (SSSR count). The minimum absolute atomic E-state index is 0.0384. The Hall–Kier alpha value is -5.53. The van der Waals surface area contributed by atoms with E-state index in [4.69, 9.17) is 23.7 Å². The average Bonchev–Trinajstić information content (AvgIpc) is 3.25. The van der Waals surface area contributed by atoms with Crippen LogP contribution >= 0.6 is 0 Å². The van der Waals surface area contributed by atoms with Crippen molar-refractivity contribution in [3.05, 3.63) is 72.1 Å². The third-order valence-corrected chi connectivity index (χ3v) is 10.6. The van der Waals surface area contributed by atoms with Crippen LogP contribution in [-0.4, -0.2) is 76.5 Å². The lowest BCUT2D eigenvalue weighted by Crippen LogP contribution is -2.44. The van der Waals surface area contributed by atoms with E-state index in [0.29, 0.717) is 5.92 Å². The molecule has 61 heavy (non-hydrogen) atoms. The number of rotatable bonds is 25. The van der Waals surface area contributed by atoms with Crippen LogP contribution in [-0.2, 0) is 52.5 Å². The minimum Gasteiger partial charge on any atom is -0.492 e. The SMILES string of the molecule is C=C(C)C(=O)OCC(COC(=O)CCC(=O)OC)(COC(=O)CCC(=O)OC)COc1ccc(-c2ccc(C3CCC(CCCCCC)CC3)cc2F)c(OC(=O)C(=C)C)c1. The second kappa shape index (κ2) is 25.3. The molecule has 0 atom stereocenters. The topological polar surface area (TPSA) is 167 Å². The molecule has 0 N–H and O–H groups in total. The van der Waals surface area contributed by atoms with Crippen molar-refractivity contribution in [3.8, 4) is 22.6 Å². The van der Waals surface area contributed by atoms with Crippen molar-refractivity contribution in [2.45, 2.75) is 110 Å². The molecule has 1 aliphatic rings. The normalized spacial score (nSPS) is 14.9. The van der Waals surface area contributed by atoms with Gasteiger partial charge in [0.05, 0.1) is 39.9 Å². The quantitative estimate of drug-likeness (QED) is 0.0306. The lowest BCUT2D eigenvalue weighted by Gasteiger charge is -2.32. The number of methoxy groups -OCH3 is 2. The fourth-order valence-corrected chi connectivity index (χ4v) is 6.79. The summed E-state index contributed by atoms with van der Waals surface area (Å²) < 4.78 is 53.5. The molecular weight excluding hydrogens is 792 g/mol. The molecule has 14 heteroatoms. The van der Waals surface area contributed by atoms with Gasteiger partial charge in [0, 0.05) is 28.3 Å². The maximum Gasteiger partial charge on any atom is 0.338 e. The Bertz CT molecular complexity index is 1820. The van der Waals surface area contributed by atoms with E-state index in [1.807, 2.05) is 6.07 Å². The molecule has 0 unspecified atom stereocenters. The molecule has 0 aliphatic heterocycles. The van der Waals surface area contributed by atoms with Crippen LogP contribution in [0.25, 0.3) is 11.1 Å². The number of halogens is 1. The van der Waals surface area contributed by atoms with Crippen LogP contribution in [0, 0.1) is 17.2 Å². The molecule has 0 spiro atoms. The summed E-state index contributed by atoms with van der Waals surface area (Å²) in [6, 6.07) is 9.56. The van der Waals surface area contributed by atoms with Gasteiger partial charge in [-0.05, 0) is 75.1 Å². The zero-order valence-electron chi connectivity index (χ0n) is 36.2. The zero-order chi connectivity index (χ0) is 45.0. The molecule has 2 aromatic carbocycles. The van der Waals surface area contributed by atoms with E-state index < -0.39 is 73.5 Å². The Balaban J connectivity index is 1.92. The van der Waals surface area contributed by atoms with Crippen molar-refractivity contribution >= 4 is 35.8 Å². The first kappa shape index (κ1) is 49.8. The first-order valence-corrected chi connectivity index (χ1v) is 20.8. The second-order valence-electron chi connectivity index (χ2n) is 15.8. The number of ether oxygens (including phenoxy) is 7. The van der Waals surface area contributed by atoms with E-state index in [2.05, 4.69) is 29.6 Å². The van der Waals surface area contributed by atoms with Gasteiger partial charge in [-0.25, -0.2) is 14.0 Å². The van der Waals surface area contributed by atoms with Crippen LogP contribution < -0.4 is 9.47 Å². The monoisotopic (exact) mass is 852 g/mol. The van der Waals surface area contributed by atoms with Gasteiger partial charge in [-0.2, -0.15) is 0 Å². The number of esters is 6. The van der Waals surface area contributed by atoms with Gasteiger partial charge in [-0.15, -0.1) is 0 Å². The first-order chi connectivity index (χ1) is 29.1. The van der Waals surface area contributed by atoms with Crippen LogP contribution in [0.5, 0.6) is 11.5 Å². The summed E-state index contributed by atoms with van der Waals surface area (Å²) in [4.78, 5) is 74.2. The van der Waals surface area contributed by atoms with Gasteiger partial charge in [-0.1, -0.05) is 64.3 Å². The highest BCUT2D eigenvalue weighted by Gasteiger charge is 2.38. The predicted octanol–water partition coefficient (Wildman–Crippen LogP) is 8.70. The van der Waals surface area contributed by atoms with Gasteiger partial charge in [-0.3, -0.25) is 19.2 Å². The lowest BCUT2D eigenvalue weighted by atomic mass is 9.77. The van der Waals surface area contributed by atoms with Gasteiger partial charge in [0.25, 0.3) is 0 Å². The Morgan fingerprint density at radius 3 is 1.77 bits per heavy atom. The summed E-state index contributed by atoms with van der Waals surface area (Å²) in [5, 5.41) is 0. The molecule has 0 heterocycles. The Kier molecular flexibility index (Phi) is 20.7. The van der Waals surface area contributed by atoms with Crippen molar-refractivity contribution in [2.24, 2.45) is 11.3 Å². The fourth-order valence-electron chi connectivity index (χ4n) is 6.79. The van der Waals surface area contributed by atoms with E-state index in [9.17, 15) is 28.8 Å². The van der Waals surface area contributed by atoms with E-state index in [-0.39, 0.29) is 65.4 Å². The highest BCUT2D eigenvalue weighted by molar-refractivity contribution is 5.90. The summed E-state index contributed by atoms with van der Waals surface area (Å²) in [5.41, 5.74) is -0.0377. The third kappa shape index (κ3) is 16.8. The summed E-state index contributed by atoms with van der Waals surface area (Å²) in [6.45, 7) is 10.3. The van der Waals surface area contributed by atoms with Crippen LogP contribution in [0.3, 0.4) is 0 Å². The predicted molar refractivity (Wildman–Crippen MR) is 224 cm³/mol. The fraction of sp³-hybridized carbons (Fsp3) is 0.532. The number of carbonyl (C=O) groups is 6. The molecule has 0 amide bonds. The van der Waals surface area contributed by atoms with Crippen molar-refractivity contribution in [1.29, 1.82) is 0 Å². The molecule has 0 radical (unpaired) electrons. The zero-order valence-corrected chi connectivity index (χ0v) is 36.2. The van der Waals surface area contributed by atoms with Crippen LogP contribution in [0.4, 0.5) is 4.39 Å². The van der Waals surface area contributed by atoms with Crippen LogP contribution in [0.2, 0.25) is 0 Å². The number of hydrogen-bond acceptors (Lipinski definition) is 13. The molecule has 1 saturated carbocycles. The number of hydrogen-bond donors (Lipinski definition) is 0. The summed E-state index contributed by atoms with van der Waals surface area (Å²) >= 11 is 0. The van der Waals surface area contributed by atoms with Gasteiger partial charge >= 0.3 is 35.8 Å². The average molecular weight is 853 g/mol. The van der Waals surface area contributed by atoms with Crippen molar-refractivity contribution < 1.29 is 66.3 Å². The first-order valence-electron chi connectivity index (χ1n) is 20.8. The smallest absolute Gasteiger partial charge is 0.338 e. The van der Waals surface area contributed by atoms with E-state index in [1.54, 1.807) is 12.1 Å². The number of carbonyl (C=O) groups excluding carboxylic acids is 6. The highest BCUT2D eigenvalue weighted by Crippen LogP contribution is 2.41. The molecule has 0 bridgehead atoms. The minimum atomic E-state index is -1.57. The van der Waals surface area contributed by atoms with Crippen LogP contribution in [0.1, 0.15) is 116 Å². The Labute approximate surface area is 358 Å². The molecule has 334 valence electrons. The molecule has 0 aromatic heterocycles. The molecule has 0 saturated heterocycles. The highest BCUT2D eigenvalue weighted by atomic mass is 19.1. The van der Waals surface area contributed by atoms with E-state index in [0.717, 1.165) is 31.2 Å². The standard InChI is InChI=1S/C47H61FO13/c1-8-9-10-11-12-33-13-15-34(16-14-33)35-17-19-37(39(48)25-35)38-20-18-36(26-40(38)61-46(54)32(4)5)57-27-47(30-60-45(53)31(2)3,28-58-43(51)23-21-41(49)55-6)29-59-44(52)24-22-42(50)56-7/h17-20,25-26,33-34H,2,4,8-16,21-24,27-30H2,1,3,5-7H3. The van der Waals surface area contributed by atoms with Crippen molar-refractivity contribution in [3.63, 3.8) is 0 Å². The molecule has 13 nitrogen and oxygen atoms in total. The maximum atomic E-state index is 16.1. The van der Waals surface area contributed by atoms with Gasteiger partial charge in [0.2, 0.25) is 0 Å². The van der Waals surface area contributed by atoms with Crippen molar-refractivity contribution in [1.82, 2.24) is 0 Å². The second-order valence-corrected chi connectivity index (χ2v) is 15.8. The van der Waals surface area contributed by atoms with Gasteiger partial charge < -0.3 is 33.2 Å². The van der Waals surface area contributed by atoms with Gasteiger partial charge in [0.15, 0.2) is 0 Å². The number of unbranched alkanes of at least 4 members (excludes halogenated alkanes) is 3. The maximum absolute atomic E-state index is 16.1. The van der Waals surface area contributed by atoms with Crippen LogP contribution in [0.15, 0.2) is 60.7 Å². The van der Waals surface area contributed by atoms with E-state index >= 15 is 4.39 Å². The van der Waals surface area contributed by atoms with Gasteiger partial charge in [0.1, 0.15) is 49.2 Å². The third-order valence-electron chi connectivity index (χ3n) is 10.6. The summed E-state index contributed by atoms with van der Waals surface area (Å²) in [5.74, 6) is -3.93. The Morgan fingerprint density at radius 2 is 1.23 bits per heavy atom.